The summed E-state index contributed by atoms with van der Waals surface area (Å²) in [6.07, 6.45) is 1.97. The van der Waals surface area contributed by atoms with Gasteiger partial charge in [-0.15, -0.1) is 23.2 Å². The first-order chi connectivity index (χ1) is 22.2. The lowest BCUT2D eigenvalue weighted by molar-refractivity contribution is -0.172. The maximum Gasteiger partial charge on any atom is 0.164 e. The van der Waals surface area contributed by atoms with Crippen LogP contribution in [0.4, 0.5) is 17.6 Å². The summed E-state index contributed by atoms with van der Waals surface area (Å²) in [7, 11) is 0. The van der Waals surface area contributed by atoms with Crippen LogP contribution in [0.3, 0.4) is 0 Å². The number of rotatable bonds is 6. The number of aliphatic hydroxyl groups is 2. The van der Waals surface area contributed by atoms with Crippen molar-refractivity contribution in [3.05, 3.63) is 143 Å². The summed E-state index contributed by atoms with van der Waals surface area (Å²) in [5, 5.41) is 25.5. The molecule has 1 aliphatic carbocycles. The van der Waals surface area contributed by atoms with Gasteiger partial charge in [0.05, 0.1) is 0 Å². The fourth-order valence-corrected chi connectivity index (χ4v) is 6.78. The summed E-state index contributed by atoms with van der Waals surface area (Å²) < 4.78 is 68.2. The van der Waals surface area contributed by atoms with Gasteiger partial charge >= 0.3 is 0 Å². The number of ether oxygens (including phenoxy) is 2. The third-order valence-electron chi connectivity index (χ3n) is 8.66. The molecule has 1 heterocycles. The Morgan fingerprint density at radius 1 is 0.532 bits per heavy atom. The van der Waals surface area contributed by atoms with E-state index in [1.165, 1.54) is 61.4 Å². The Bertz CT molecular complexity index is 1400. The lowest BCUT2D eigenvalue weighted by atomic mass is 9.72. The normalized spacial score (nSPS) is 22.8. The maximum absolute atomic E-state index is 13.9. The molecule has 0 radical (unpaired) electrons. The highest BCUT2D eigenvalue weighted by atomic mass is 35.5. The molecule has 0 aromatic heterocycles. The Labute approximate surface area is 281 Å². The van der Waals surface area contributed by atoms with Gasteiger partial charge in [0.1, 0.15) is 46.7 Å². The van der Waals surface area contributed by atoms with Crippen molar-refractivity contribution in [2.75, 3.05) is 0 Å². The van der Waals surface area contributed by atoms with E-state index < -0.39 is 52.5 Å². The first-order valence-electron chi connectivity index (χ1n) is 15.4. The molecule has 2 N–H and O–H groups in total. The van der Waals surface area contributed by atoms with Crippen molar-refractivity contribution in [3.8, 4) is 0 Å². The van der Waals surface area contributed by atoms with Crippen LogP contribution in [0.2, 0.25) is 0 Å². The molecule has 4 atom stereocenters. The molecule has 2 fully saturated rings. The Balaban J connectivity index is 0.000000474. The van der Waals surface area contributed by atoms with Gasteiger partial charge in [-0.3, -0.25) is 0 Å². The number of hydrogen-bond donors (Lipinski definition) is 2. The van der Waals surface area contributed by atoms with Crippen molar-refractivity contribution in [1.29, 1.82) is 0 Å². The molecule has 4 aromatic rings. The van der Waals surface area contributed by atoms with E-state index in [0.717, 1.165) is 61.4 Å². The second-order valence-electron chi connectivity index (χ2n) is 12.4. The Hall–Kier alpha value is -2.98. The number of benzene rings is 4. The predicted molar refractivity (Wildman–Crippen MR) is 173 cm³/mol. The minimum Gasteiger partial charge on any atom is -0.378 e. The molecule has 0 amide bonds. The Kier molecular flexibility index (Phi) is 10.7. The van der Waals surface area contributed by atoms with Crippen molar-refractivity contribution in [2.45, 2.75) is 79.5 Å². The SMILES string of the molecule is CC1(C)O[C@H](C(O)(c2ccc(F)cc2)c2ccc(F)cc2)[C@@H](C(O)(c2ccc(F)cc2)c2ccc(F)cc2)O1.Cl[C@@H]1CCCC[C@@H]1Cl. The van der Waals surface area contributed by atoms with Crippen molar-refractivity contribution in [1.82, 2.24) is 0 Å². The largest absolute Gasteiger partial charge is 0.378 e. The quantitative estimate of drug-likeness (QED) is 0.157. The third kappa shape index (κ3) is 7.53. The van der Waals surface area contributed by atoms with Gasteiger partial charge in [-0.25, -0.2) is 17.6 Å². The van der Waals surface area contributed by atoms with Crippen molar-refractivity contribution in [2.24, 2.45) is 0 Å². The second-order valence-corrected chi connectivity index (χ2v) is 13.5. The van der Waals surface area contributed by atoms with Crippen LogP contribution < -0.4 is 0 Å². The molecule has 0 unspecified atom stereocenters. The molecular formula is C37H36Cl2F4O4. The number of halogens is 6. The van der Waals surface area contributed by atoms with Gasteiger partial charge in [-0.1, -0.05) is 61.4 Å². The van der Waals surface area contributed by atoms with Crippen molar-refractivity contribution in [3.63, 3.8) is 0 Å². The van der Waals surface area contributed by atoms with Gasteiger partial charge in [0.25, 0.3) is 0 Å². The van der Waals surface area contributed by atoms with Gasteiger partial charge in [-0.05, 0) is 97.5 Å². The van der Waals surface area contributed by atoms with Crippen LogP contribution in [0, 0.1) is 23.3 Å². The van der Waals surface area contributed by atoms with E-state index in [4.69, 9.17) is 32.7 Å². The van der Waals surface area contributed by atoms with Gasteiger partial charge < -0.3 is 19.7 Å². The number of alkyl halides is 2. The highest BCUT2D eigenvalue weighted by Gasteiger charge is 2.61. The topological polar surface area (TPSA) is 58.9 Å². The van der Waals surface area contributed by atoms with Crippen LogP contribution >= 0.6 is 23.2 Å². The summed E-state index contributed by atoms with van der Waals surface area (Å²) in [4.78, 5) is 0. The second kappa shape index (κ2) is 14.2. The predicted octanol–water partition coefficient (Wildman–Crippen LogP) is 8.71. The summed E-state index contributed by atoms with van der Waals surface area (Å²) in [6, 6.07) is 20.2. The minimum absolute atomic E-state index is 0.187. The summed E-state index contributed by atoms with van der Waals surface area (Å²) >= 11 is 11.7. The zero-order chi connectivity index (χ0) is 34.0. The molecule has 4 nitrogen and oxygen atoms in total. The zero-order valence-corrected chi connectivity index (χ0v) is 27.4. The molecule has 4 aromatic carbocycles. The molecule has 1 saturated carbocycles. The van der Waals surface area contributed by atoms with Crippen molar-refractivity contribution < 1.29 is 37.2 Å². The first-order valence-corrected chi connectivity index (χ1v) is 16.2. The smallest absolute Gasteiger partial charge is 0.164 e. The van der Waals surface area contributed by atoms with Crippen LogP contribution in [0.15, 0.2) is 97.1 Å². The van der Waals surface area contributed by atoms with Gasteiger partial charge in [0.2, 0.25) is 0 Å². The molecule has 0 spiro atoms. The van der Waals surface area contributed by atoms with Gasteiger partial charge in [-0.2, -0.15) is 0 Å². The van der Waals surface area contributed by atoms with Gasteiger partial charge in [0.15, 0.2) is 5.79 Å². The highest BCUT2D eigenvalue weighted by molar-refractivity contribution is 6.30. The van der Waals surface area contributed by atoms with E-state index >= 15 is 0 Å². The van der Waals surface area contributed by atoms with E-state index in [2.05, 4.69) is 0 Å². The van der Waals surface area contributed by atoms with E-state index in [1.807, 2.05) is 0 Å². The standard InChI is InChI=1S/C31H26F4O4.C6H10Cl2/c1-29(2)38-27(30(36,19-3-11-23(32)12-4-19)20-5-13-24(33)14-6-20)28(39-29)31(37,21-7-15-25(34)16-8-21)22-9-17-26(35)18-10-22;7-5-3-1-2-4-6(5)8/h3-18,27-28,36-37H,1-2H3;5-6H,1-4H2/t27-,28-;5-,6+/m0./s1. The molecule has 1 saturated heterocycles. The lowest BCUT2D eigenvalue weighted by Gasteiger charge is -2.42. The minimum atomic E-state index is -2.10. The fraction of sp³-hybridized carbons (Fsp3) is 0.351. The molecule has 10 heteroatoms. The molecule has 6 rings (SSSR count). The first kappa shape index (κ1) is 35.3. The van der Waals surface area contributed by atoms with E-state index in [1.54, 1.807) is 13.8 Å². The lowest BCUT2D eigenvalue weighted by Crippen LogP contribution is -2.55. The molecule has 47 heavy (non-hydrogen) atoms. The van der Waals surface area contributed by atoms with Crippen LogP contribution in [0.25, 0.3) is 0 Å². The molecule has 250 valence electrons. The zero-order valence-electron chi connectivity index (χ0n) is 25.9. The third-order valence-corrected chi connectivity index (χ3v) is 9.83. The highest BCUT2D eigenvalue weighted by Crippen LogP contribution is 2.50. The monoisotopic (exact) mass is 690 g/mol. The summed E-state index contributed by atoms with van der Waals surface area (Å²) in [5.41, 5.74) is -3.46. The molecule has 2 aliphatic rings. The maximum atomic E-state index is 13.9. The number of hydrogen-bond acceptors (Lipinski definition) is 4. The molecular weight excluding hydrogens is 655 g/mol. The van der Waals surface area contributed by atoms with E-state index in [0.29, 0.717) is 0 Å². The molecule has 1 aliphatic heterocycles. The van der Waals surface area contributed by atoms with Crippen LogP contribution in [0.1, 0.15) is 61.8 Å². The van der Waals surface area contributed by atoms with E-state index in [9.17, 15) is 27.8 Å². The van der Waals surface area contributed by atoms with Crippen LogP contribution in [-0.4, -0.2) is 39.0 Å². The average Bonchev–Trinajstić information content (AvgIpc) is 3.39. The summed E-state index contributed by atoms with van der Waals surface area (Å²) in [6.45, 7) is 3.18. The van der Waals surface area contributed by atoms with Crippen LogP contribution in [0.5, 0.6) is 0 Å². The Morgan fingerprint density at radius 2 is 0.766 bits per heavy atom. The van der Waals surface area contributed by atoms with E-state index in [-0.39, 0.29) is 33.0 Å². The van der Waals surface area contributed by atoms with Crippen LogP contribution in [-0.2, 0) is 20.7 Å². The molecule has 0 bridgehead atoms. The average molecular weight is 692 g/mol. The Morgan fingerprint density at radius 3 is 0.979 bits per heavy atom. The fourth-order valence-electron chi connectivity index (χ4n) is 6.22. The summed E-state index contributed by atoms with van der Waals surface area (Å²) in [5.74, 6) is -3.55. The van der Waals surface area contributed by atoms with Gasteiger partial charge in [0, 0.05) is 10.8 Å². The van der Waals surface area contributed by atoms with Crippen molar-refractivity contribution >= 4 is 23.2 Å².